The molecule has 1 unspecified atom stereocenters. The van der Waals surface area contributed by atoms with E-state index in [1.54, 1.807) is 10.8 Å². The minimum Gasteiger partial charge on any atom is -0.326 e. The lowest BCUT2D eigenvalue weighted by Crippen LogP contribution is -2.29. The molecule has 74 valence electrons. The van der Waals surface area contributed by atoms with Crippen molar-refractivity contribution >= 4 is 10.9 Å². The number of hydrogen-bond donors (Lipinski definition) is 2. The third-order valence-electron chi connectivity index (χ3n) is 2.07. The van der Waals surface area contributed by atoms with Crippen LogP contribution in [0.4, 0.5) is 0 Å². The average Bonchev–Trinajstić information content (AvgIpc) is 2.57. The molecule has 0 amide bonds. The molecule has 1 atom stereocenters. The van der Waals surface area contributed by atoms with Crippen molar-refractivity contribution in [3.05, 3.63) is 28.8 Å². The fraction of sp³-hybridized carbons (Fsp3) is 0.333. The van der Waals surface area contributed by atoms with Crippen LogP contribution in [-0.4, -0.2) is 20.8 Å². The second kappa shape index (κ2) is 3.26. The van der Waals surface area contributed by atoms with Crippen LogP contribution in [0.1, 0.15) is 6.92 Å². The fourth-order valence-electron chi connectivity index (χ4n) is 1.43. The number of H-pyrrole nitrogens is 1. The number of aromatic amines is 1. The Morgan fingerprint density at radius 2 is 2.50 bits per heavy atom. The van der Waals surface area contributed by atoms with Crippen LogP contribution in [0.5, 0.6) is 0 Å². The van der Waals surface area contributed by atoms with Crippen LogP contribution in [0.25, 0.3) is 10.9 Å². The van der Waals surface area contributed by atoms with E-state index in [1.165, 1.54) is 6.20 Å². The van der Waals surface area contributed by atoms with E-state index in [-0.39, 0.29) is 11.6 Å². The van der Waals surface area contributed by atoms with Crippen LogP contribution < -0.4 is 11.3 Å². The Hall–Kier alpha value is -1.62. The van der Waals surface area contributed by atoms with Gasteiger partial charge in [-0.3, -0.25) is 9.89 Å². The lowest BCUT2D eigenvalue weighted by molar-refractivity contribution is 0.577. The molecule has 2 rings (SSSR count). The molecule has 0 radical (unpaired) electrons. The van der Waals surface area contributed by atoms with Crippen LogP contribution in [-0.2, 0) is 6.54 Å². The topological polar surface area (TPSA) is 76.7 Å². The smallest absolute Gasteiger partial charge is 0.261 e. The zero-order valence-electron chi connectivity index (χ0n) is 7.90. The first-order chi connectivity index (χ1) is 6.68. The molecular weight excluding hydrogens is 180 g/mol. The summed E-state index contributed by atoms with van der Waals surface area (Å²) in [6.07, 6.45) is 3.27. The van der Waals surface area contributed by atoms with Crippen molar-refractivity contribution in [3.8, 4) is 0 Å². The van der Waals surface area contributed by atoms with Gasteiger partial charge in [0.2, 0.25) is 0 Å². The van der Waals surface area contributed by atoms with Gasteiger partial charge < -0.3 is 10.3 Å². The number of pyridine rings is 1. The number of nitrogens with one attached hydrogen (secondary N) is 1. The highest BCUT2D eigenvalue weighted by atomic mass is 16.1. The Labute approximate surface area is 80.5 Å². The van der Waals surface area contributed by atoms with Crippen LogP contribution in [0, 0.1) is 0 Å². The first-order valence-electron chi connectivity index (χ1n) is 4.46. The third-order valence-corrected chi connectivity index (χ3v) is 2.07. The molecule has 0 aliphatic rings. The molecule has 0 fully saturated rings. The van der Waals surface area contributed by atoms with Gasteiger partial charge in [0.05, 0.1) is 17.1 Å². The molecule has 0 bridgehead atoms. The highest BCUT2D eigenvalue weighted by molar-refractivity contribution is 5.76. The van der Waals surface area contributed by atoms with E-state index in [0.29, 0.717) is 11.9 Å². The van der Waals surface area contributed by atoms with Gasteiger partial charge in [-0.05, 0) is 13.0 Å². The summed E-state index contributed by atoms with van der Waals surface area (Å²) in [5, 5.41) is 7.16. The number of hydrogen-bond acceptors (Lipinski definition) is 3. The van der Waals surface area contributed by atoms with Crippen molar-refractivity contribution in [3.63, 3.8) is 0 Å². The highest BCUT2D eigenvalue weighted by Crippen LogP contribution is 2.03. The van der Waals surface area contributed by atoms with Crippen LogP contribution in [0.2, 0.25) is 0 Å². The third kappa shape index (κ3) is 1.42. The van der Waals surface area contributed by atoms with Gasteiger partial charge in [0.1, 0.15) is 0 Å². The monoisotopic (exact) mass is 192 g/mol. The van der Waals surface area contributed by atoms with Gasteiger partial charge in [0, 0.05) is 18.8 Å². The Morgan fingerprint density at radius 1 is 1.71 bits per heavy atom. The number of nitrogens with zero attached hydrogens (tertiary/aromatic N) is 2. The van der Waals surface area contributed by atoms with Gasteiger partial charge in [-0.15, -0.1) is 0 Å². The lowest BCUT2D eigenvalue weighted by Gasteiger charge is -2.07. The van der Waals surface area contributed by atoms with E-state index >= 15 is 0 Å². The molecular formula is C9H12N4O. The van der Waals surface area contributed by atoms with Crippen LogP contribution >= 0.6 is 0 Å². The van der Waals surface area contributed by atoms with Crippen molar-refractivity contribution in [2.45, 2.75) is 19.5 Å². The molecule has 5 heteroatoms. The SMILES string of the molecule is CC(N)Cn1ccc2[nH]ncc2c1=O. The van der Waals surface area contributed by atoms with Gasteiger partial charge in [-0.25, -0.2) is 0 Å². The fourth-order valence-corrected chi connectivity index (χ4v) is 1.43. The minimum absolute atomic E-state index is 0.0305. The molecule has 14 heavy (non-hydrogen) atoms. The normalized spacial score (nSPS) is 13.3. The van der Waals surface area contributed by atoms with Crippen molar-refractivity contribution < 1.29 is 0 Å². The van der Waals surface area contributed by atoms with E-state index in [2.05, 4.69) is 10.2 Å². The molecule has 3 N–H and O–H groups in total. The largest absolute Gasteiger partial charge is 0.326 e. The Morgan fingerprint density at radius 3 is 3.21 bits per heavy atom. The van der Waals surface area contributed by atoms with Gasteiger partial charge >= 0.3 is 0 Å². The van der Waals surface area contributed by atoms with Crippen molar-refractivity contribution in [1.82, 2.24) is 14.8 Å². The predicted octanol–water partition coefficient (Wildman–Crippen LogP) is 0.0718. The average molecular weight is 192 g/mol. The molecule has 0 saturated carbocycles. The number of rotatable bonds is 2. The predicted molar refractivity (Wildman–Crippen MR) is 54.0 cm³/mol. The molecule has 2 aromatic rings. The second-order valence-corrected chi connectivity index (χ2v) is 3.45. The van der Waals surface area contributed by atoms with Gasteiger partial charge in [0.25, 0.3) is 5.56 Å². The van der Waals surface area contributed by atoms with Gasteiger partial charge in [0.15, 0.2) is 0 Å². The van der Waals surface area contributed by atoms with Crippen molar-refractivity contribution in [2.75, 3.05) is 0 Å². The summed E-state index contributed by atoms with van der Waals surface area (Å²) in [7, 11) is 0. The molecule has 2 aromatic heterocycles. The minimum atomic E-state index is -0.0476. The first kappa shape index (κ1) is 8.96. The summed E-state index contributed by atoms with van der Waals surface area (Å²) in [5.74, 6) is 0. The second-order valence-electron chi connectivity index (χ2n) is 3.45. The van der Waals surface area contributed by atoms with E-state index in [9.17, 15) is 4.79 Å². The summed E-state index contributed by atoms with van der Waals surface area (Å²) < 4.78 is 1.60. The Balaban J connectivity index is 2.57. The Bertz CT molecular complexity index is 497. The molecule has 2 heterocycles. The van der Waals surface area contributed by atoms with Crippen LogP contribution in [0.3, 0.4) is 0 Å². The summed E-state index contributed by atoms with van der Waals surface area (Å²) in [4.78, 5) is 11.8. The summed E-state index contributed by atoms with van der Waals surface area (Å²) in [5.41, 5.74) is 6.34. The summed E-state index contributed by atoms with van der Waals surface area (Å²) in [6.45, 7) is 2.39. The van der Waals surface area contributed by atoms with Crippen LogP contribution in [0.15, 0.2) is 23.3 Å². The lowest BCUT2D eigenvalue weighted by atomic mass is 10.3. The maximum atomic E-state index is 11.8. The van der Waals surface area contributed by atoms with Crippen molar-refractivity contribution in [2.24, 2.45) is 5.73 Å². The highest BCUT2D eigenvalue weighted by Gasteiger charge is 2.04. The number of nitrogens with two attached hydrogens (primary N) is 1. The summed E-state index contributed by atoms with van der Waals surface area (Å²) in [6, 6.07) is 1.80. The summed E-state index contributed by atoms with van der Waals surface area (Å²) >= 11 is 0. The van der Waals surface area contributed by atoms with Gasteiger partial charge in [-0.1, -0.05) is 0 Å². The molecule has 0 saturated heterocycles. The molecule has 0 spiro atoms. The molecule has 0 aromatic carbocycles. The number of aromatic nitrogens is 3. The maximum Gasteiger partial charge on any atom is 0.261 e. The zero-order chi connectivity index (χ0) is 10.1. The number of fused-ring (bicyclic) bond motifs is 1. The van der Waals surface area contributed by atoms with E-state index < -0.39 is 0 Å². The molecule has 5 nitrogen and oxygen atoms in total. The maximum absolute atomic E-state index is 11.8. The molecule has 0 aliphatic carbocycles. The Kier molecular flexibility index (Phi) is 2.09. The quantitative estimate of drug-likeness (QED) is 0.707. The van der Waals surface area contributed by atoms with Gasteiger partial charge in [-0.2, -0.15) is 5.10 Å². The van der Waals surface area contributed by atoms with Crippen molar-refractivity contribution in [1.29, 1.82) is 0 Å². The standard InChI is InChI=1S/C9H12N4O/c1-6(10)5-13-3-2-8-7(9(13)14)4-11-12-8/h2-4,6H,5,10H2,1H3,(H,11,12). The van der Waals surface area contributed by atoms with E-state index in [4.69, 9.17) is 5.73 Å². The van der Waals surface area contributed by atoms with E-state index in [1.807, 2.05) is 13.0 Å². The van der Waals surface area contributed by atoms with E-state index in [0.717, 1.165) is 5.52 Å². The first-order valence-corrected chi connectivity index (χ1v) is 4.46. The zero-order valence-corrected chi connectivity index (χ0v) is 7.90. The molecule has 0 aliphatic heterocycles.